The van der Waals surface area contributed by atoms with Crippen LogP contribution in [0, 0.1) is 16.0 Å². The van der Waals surface area contributed by atoms with Gasteiger partial charge in [0.1, 0.15) is 6.20 Å². The van der Waals surface area contributed by atoms with Crippen molar-refractivity contribution in [1.29, 1.82) is 0 Å². The summed E-state index contributed by atoms with van der Waals surface area (Å²) in [6.45, 7) is 2.14. The quantitative estimate of drug-likeness (QED) is 0.588. The van der Waals surface area contributed by atoms with Gasteiger partial charge in [0.05, 0.1) is 4.92 Å². The third-order valence-corrected chi connectivity index (χ3v) is 2.70. The van der Waals surface area contributed by atoms with E-state index in [1.807, 2.05) is 0 Å². The first kappa shape index (κ1) is 10.6. The van der Waals surface area contributed by atoms with Crippen molar-refractivity contribution in [2.75, 3.05) is 11.1 Å². The fourth-order valence-electron chi connectivity index (χ4n) is 1.84. The maximum absolute atomic E-state index is 10.7. The Morgan fingerprint density at radius 2 is 2.31 bits per heavy atom. The Morgan fingerprint density at radius 1 is 1.62 bits per heavy atom. The van der Waals surface area contributed by atoms with Gasteiger partial charge in [0.15, 0.2) is 0 Å². The predicted molar refractivity (Wildman–Crippen MR) is 58.9 cm³/mol. The summed E-state index contributed by atoms with van der Waals surface area (Å²) in [5, 5.41) is 13.8. The van der Waals surface area contributed by atoms with Gasteiger partial charge in [-0.25, -0.2) is 4.98 Å². The molecule has 0 saturated heterocycles. The van der Waals surface area contributed by atoms with E-state index in [1.54, 1.807) is 0 Å². The van der Waals surface area contributed by atoms with E-state index in [4.69, 9.17) is 5.73 Å². The lowest BCUT2D eigenvalue weighted by Gasteiger charge is -2.33. The van der Waals surface area contributed by atoms with E-state index in [-0.39, 0.29) is 23.5 Å². The van der Waals surface area contributed by atoms with Crippen molar-refractivity contribution in [3.05, 3.63) is 16.3 Å². The van der Waals surface area contributed by atoms with Crippen LogP contribution in [0.2, 0.25) is 0 Å². The van der Waals surface area contributed by atoms with Gasteiger partial charge < -0.3 is 11.1 Å². The average molecular weight is 223 g/mol. The maximum Gasteiger partial charge on any atom is 0.329 e. The molecule has 2 rings (SSSR count). The molecule has 16 heavy (non-hydrogen) atoms. The van der Waals surface area contributed by atoms with Gasteiger partial charge >= 0.3 is 5.69 Å². The van der Waals surface area contributed by atoms with Gasteiger partial charge in [-0.1, -0.05) is 6.92 Å². The van der Waals surface area contributed by atoms with Crippen molar-refractivity contribution in [3.63, 3.8) is 0 Å². The summed E-state index contributed by atoms with van der Waals surface area (Å²) in [7, 11) is 0. The number of nitro groups is 1. The summed E-state index contributed by atoms with van der Waals surface area (Å²) in [6.07, 6.45) is 3.13. The van der Waals surface area contributed by atoms with E-state index in [1.165, 1.54) is 0 Å². The van der Waals surface area contributed by atoms with Crippen LogP contribution in [0.1, 0.15) is 19.8 Å². The summed E-state index contributed by atoms with van der Waals surface area (Å²) in [4.78, 5) is 17.7. The summed E-state index contributed by atoms with van der Waals surface area (Å²) in [5.74, 6) is 0.922. The van der Waals surface area contributed by atoms with Crippen LogP contribution >= 0.6 is 0 Å². The molecule has 0 bridgehead atoms. The highest BCUT2D eigenvalue weighted by molar-refractivity contribution is 5.57. The van der Waals surface area contributed by atoms with Gasteiger partial charge in [-0.3, -0.25) is 10.1 Å². The highest BCUT2D eigenvalue weighted by Gasteiger charge is 2.28. The number of hydrogen-bond acceptors (Lipinski definition) is 6. The first-order valence-corrected chi connectivity index (χ1v) is 5.09. The highest BCUT2D eigenvalue weighted by atomic mass is 16.6. The third-order valence-electron chi connectivity index (χ3n) is 2.70. The molecule has 0 aliphatic heterocycles. The zero-order chi connectivity index (χ0) is 11.7. The normalized spacial score (nSPS) is 23.6. The molecule has 7 heteroatoms. The Labute approximate surface area is 92.2 Å². The number of anilines is 2. The molecule has 1 heterocycles. The van der Waals surface area contributed by atoms with Gasteiger partial charge in [0, 0.05) is 6.04 Å². The van der Waals surface area contributed by atoms with Gasteiger partial charge in [0.2, 0.25) is 11.8 Å². The second-order valence-corrected chi connectivity index (χ2v) is 4.14. The molecule has 1 fully saturated rings. The van der Waals surface area contributed by atoms with Crippen molar-refractivity contribution in [2.24, 2.45) is 5.92 Å². The molecule has 3 N–H and O–H groups in total. The molecule has 1 aliphatic carbocycles. The van der Waals surface area contributed by atoms with Crippen LogP contribution < -0.4 is 11.1 Å². The lowest BCUT2D eigenvalue weighted by atomic mass is 9.82. The standard InChI is InChI=1S/C9H13N5O2/c1-5-2-6(3-5)12-8-7(14(15)16)4-11-9(10)13-8/h4-6H,2-3H2,1H3,(H3,10,11,12,13). The molecule has 1 saturated carbocycles. The Balaban J connectivity index is 2.17. The smallest absolute Gasteiger partial charge is 0.329 e. The molecule has 0 atom stereocenters. The molecule has 0 unspecified atom stereocenters. The monoisotopic (exact) mass is 223 g/mol. The van der Waals surface area contributed by atoms with Crippen molar-refractivity contribution in [3.8, 4) is 0 Å². The fraction of sp³-hybridized carbons (Fsp3) is 0.556. The lowest BCUT2D eigenvalue weighted by molar-refractivity contribution is -0.384. The Morgan fingerprint density at radius 3 is 2.88 bits per heavy atom. The first-order valence-electron chi connectivity index (χ1n) is 5.09. The number of nitrogens with one attached hydrogen (secondary N) is 1. The van der Waals surface area contributed by atoms with Crippen LogP contribution in [0.25, 0.3) is 0 Å². The molecular weight excluding hydrogens is 210 g/mol. The van der Waals surface area contributed by atoms with Crippen molar-refractivity contribution < 1.29 is 4.92 Å². The Kier molecular flexibility index (Phi) is 2.59. The SMILES string of the molecule is CC1CC(Nc2nc(N)ncc2[N+](=O)[O-])C1. The van der Waals surface area contributed by atoms with Gasteiger partial charge in [-0.2, -0.15) is 4.98 Å². The molecule has 1 aromatic rings. The van der Waals surface area contributed by atoms with Crippen molar-refractivity contribution in [2.45, 2.75) is 25.8 Å². The van der Waals surface area contributed by atoms with E-state index >= 15 is 0 Å². The third kappa shape index (κ3) is 2.02. The number of hydrogen-bond donors (Lipinski definition) is 2. The molecule has 0 spiro atoms. The minimum atomic E-state index is -0.510. The van der Waals surface area contributed by atoms with Crippen LogP contribution in [0.5, 0.6) is 0 Å². The summed E-state index contributed by atoms with van der Waals surface area (Å²) < 4.78 is 0. The van der Waals surface area contributed by atoms with Crippen LogP contribution in [-0.4, -0.2) is 20.9 Å². The summed E-state index contributed by atoms with van der Waals surface area (Å²) >= 11 is 0. The molecule has 0 radical (unpaired) electrons. The van der Waals surface area contributed by atoms with E-state index in [0.29, 0.717) is 5.92 Å². The van der Waals surface area contributed by atoms with E-state index in [9.17, 15) is 10.1 Å². The largest absolute Gasteiger partial charge is 0.368 e. The first-order chi connectivity index (χ1) is 7.56. The van der Waals surface area contributed by atoms with Gasteiger partial charge in [0.25, 0.3) is 0 Å². The van der Waals surface area contributed by atoms with Crippen LogP contribution in [0.15, 0.2) is 6.20 Å². The second kappa shape index (κ2) is 3.92. The molecule has 1 aromatic heterocycles. The molecule has 1 aliphatic rings. The number of nitrogens with zero attached hydrogens (tertiary/aromatic N) is 3. The Hall–Kier alpha value is -1.92. The zero-order valence-electron chi connectivity index (χ0n) is 8.88. The minimum absolute atomic E-state index is 0.0421. The van der Waals surface area contributed by atoms with Gasteiger partial charge in [-0.15, -0.1) is 0 Å². The molecule has 86 valence electrons. The van der Waals surface area contributed by atoms with Crippen LogP contribution in [-0.2, 0) is 0 Å². The lowest BCUT2D eigenvalue weighted by Crippen LogP contribution is -2.34. The van der Waals surface area contributed by atoms with Crippen molar-refractivity contribution in [1.82, 2.24) is 9.97 Å². The highest BCUT2D eigenvalue weighted by Crippen LogP contribution is 2.31. The number of nitrogen functional groups attached to an aromatic ring is 1. The fourth-order valence-corrected chi connectivity index (χ4v) is 1.84. The number of nitrogens with two attached hydrogens (primary N) is 1. The molecule has 0 amide bonds. The van der Waals surface area contributed by atoms with Crippen molar-refractivity contribution >= 4 is 17.5 Å². The summed E-state index contributed by atoms with van der Waals surface area (Å²) in [5.41, 5.74) is 5.27. The van der Waals surface area contributed by atoms with Crippen LogP contribution in [0.4, 0.5) is 17.5 Å². The van der Waals surface area contributed by atoms with Crippen LogP contribution in [0.3, 0.4) is 0 Å². The Bertz CT molecular complexity index is 416. The predicted octanol–water partition coefficient (Wildman–Crippen LogP) is 1.18. The maximum atomic E-state index is 10.7. The second-order valence-electron chi connectivity index (χ2n) is 4.14. The molecule has 7 nitrogen and oxygen atoms in total. The zero-order valence-corrected chi connectivity index (χ0v) is 8.88. The average Bonchev–Trinajstić information content (AvgIpc) is 2.15. The minimum Gasteiger partial charge on any atom is -0.368 e. The summed E-state index contributed by atoms with van der Waals surface area (Å²) in [6, 6.07) is 0.253. The topological polar surface area (TPSA) is 107 Å². The number of aromatic nitrogens is 2. The van der Waals surface area contributed by atoms with Gasteiger partial charge in [-0.05, 0) is 18.8 Å². The van der Waals surface area contributed by atoms with E-state index < -0.39 is 4.92 Å². The molecule has 0 aromatic carbocycles. The number of rotatable bonds is 3. The van der Waals surface area contributed by atoms with E-state index in [2.05, 4.69) is 22.2 Å². The van der Waals surface area contributed by atoms with E-state index in [0.717, 1.165) is 19.0 Å². The molecular formula is C9H13N5O2.